The summed E-state index contributed by atoms with van der Waals surface area (Å²) >= 11 is 0. The number of unbranched alkanes of at least 4 members (excludes halogenated alkanes) is 1. The van der Waals surface area contributed by atoms with Crippen molar-refractivity contribution >= 4 is 0 Å². The third-order valence-corrected chi connectivity index (χ3v) is 3.14. The monoisotopic (exact) mass is 221 g/mol. The van der Waals surface area contributed by atoms with Gasteiger partial charge in [0.2, 0.25) is 0 Å². The van der Waals surface area contributed by atoms with Crippen molar-refractivity contribution in [3.05, 3.63) is 24.3 Å². The van der Waals surface area contributed by atoms with E-state index in [0.29, 0.717) is 12.0 Å². The van der Waals surface area contributed by atoms with E-state index in [4.69, 9.17) is 0 Å². The maximum atomic E-state index is 4.40. The summed E-state index contributed by atoms with van der Waals surface area (Å²) in [6.07, 6.45) is 10.4. The van der Waals surface area contributed by atoms with Crippen LogP contribution in [0, 0.1) is 5.92 Å². The Morgan fingerprint density at radius 3 is 2.62 bits per heavy atom. The average Bonchev–Trinajstić information content (AvgIpc) is 2.35. The second-order valence-corrected chi connectivity index (χ2v) is 4.21. The van der Waals surface area contributed by atoms with Crippen LogP contribution < -0.4 is 5.32 Å². The molecule has 90 valence electrons. The second-order valence-electron chi connectivity index (χ2n) is 4.21. The zero-order valence-corrected chi connectivity index (χ0v) is 10.6. The minimum absolute atomic E-state index is 0.338. The topological polar surface area (TPSA) is 37.8 Å². The first kappa shape index (κ1) is 13.1. The second kappa shape index (κ2) is 7.34. The molecule has 3 heteroatoms. The Hall–Kier alpha value is -0.960. The van der Waals surface area contributed by atoms with Crippen LogP contribution >= 0.6 is 0 Å². The minimum Gasteiger partial charge on any atom is -0.311 e. The lowest BCUT2D eigenvalue weighted by molar-refractivity contribution is 0.333. The zero-order chi connectivity index (χ0) is 11.8. The van der Waals surface area contributed by atoms with Crippen molar-refractivity contribution in [3.63, 3.8) is 0 Å². The Morgan fingerprint density at radius 2 is 2.12 bits per heavy atom. The van der Waals surface area contributed by atoms with E-state index in [-0.39, 0.29) is 0 Å². The maximum absolute atomic E-state index is 4.40. The van der Waals surface area contributed by atoms with E-state index >= 15 is 0 Å². The van der Waals surface area contributed by atoms with Crippen LogP contribution in [0.3, 0.4) is 0 Å². The fourth-order valence-corrected chi connectivity index (χ4v) is 2.17. The number of rotatable bonds is 7. The summed E-state index contributed by atoms with van der Waals surface area (Å²) < 4.78 is 0. The first-order chi connectivity index (χ1) is 7.83. The van der Waals surface area contributed by atoms with E-state index < -0.39 is 0 Å². The van der Waals surface area contributed by atoms with Crippen LogP contribution in [0.4, 0.5) is 0 Å². The molecule has 1 aromatic heterocycles. The third-order valence-electron chi connectivity index (χ3n) is 3.14. The summed E-state index contributed by atoms with van der Waals surface area (Å²) in [6, 6.07) is 0.338. The summed E-state index contributed by atoms with van der Waals surface area (Å²) in [5, 5.41) is 3.38. The number of nitrogens with one attached hydrogen (secondary N) is 1. The predicted octanol–water partition coefficient (Wildman–Crippen LogP) is 2.95. The molecule has 0 aliphatic carbocycles. The maximum Gasteiger partial charge on any atom is 0.0758 e. The van der Waals surface area contributed by atoms with Crippen LogP contribution in [0.25, 0.3) is 0 Å². The van der Waals surface area contributed by atoms with Crippen LogP contribution in [0.1, 0.15) is 51.3 Å². The van der Waals surface area contributed by atoms with Gasteiger partial charge in [-0.1, -0.05) is 33.1 Å². The van der Waals surface area contributed by atoms with Crippen LogP contribution in [0.2, 0.25) is 0 Å². The van der Waals surface area contributed by atoms with E-state index in [1.165, 1.54) is 25.7 Å². The summed E-state index contributed by atoms with van der Waals surface area (Å²) in [5.74, 6) is 0.654. The van der Waals surface area contributed by atoms with Crippen molar-refractivity contribution in [2.75, 3.05) is 7.05 Å². The highest BCUT2D eigenvalue weighted by Crippen LogP contribution is 2.26. The molecule has 0 amide bonds. The number of nitrogens with zero attached hydrogens (tertiary/aromatic N) is 2. The first-order valence-electron chi connectivity index (χ1n) is 6.26. The number of hydrogen-bond acceptors (Lipinski definition) is 3. The van der Waals surface area contributed by atoms with Gasteiger partial charge in [-0.05, 0) is 19.4 Å². The van der Waals surface area contributed by atoms with Crippen molar-refractivity contribution in [2.24, 2.45) is 5.92 Å². The zero-order valence-electron chi connectivity index (χ0n) is 10.6. The van der Waals surface area contributed by atoms with Crippen LogP contribution in [0.15, 0.2) is 18.6 Å². The van der Waals surface area contributed by atoms with Crippen molar-refractivity contribution in [3.8, 4) is 0 Å². The van der Waals surface area contributed by atoms with Gasteiger partial charge in [0, 0.05) is 18.6 Å². The predicted molar refractivity (Wildman–Crippen MR) is 67.1 cm³/mol. The fourth-order valence-electron chi connectivity index (χ4n) is 2.17. The molecule has 16 heavy (non-hydrogen) atoms. The van der Waals surface area contributed by atoms with Crippen molar-refractivity contribution in [1.82, 2.24) is 15.3 Å². The van der Waals surface area contributed by atoms with Gasteiger partial charge in [0.25, 0.3) is 0 Å². The Balaban J connectivity index is 2.71. The summed E-state index contributed by atoms with van der Waals surface area (Å²) in [7, 11) is 2.01. The molecule has 1 aromatic rings. The molecule has 3 nitrogen and oxygen atoms in total. The molecule has 0 aromatic carbocycles. The van der Waals surface area contributed by atoms with Gasteiger partial charge in [-0.15, -0.1) is 0 Å². The van der Waals surface area contributed by atoms with Gasteiger partial charge in [-0.3, -0.25) is 9.97 Å². The van der Waals surface area contributed by atoms with Gasteiger partial charge in [0.1, 0.15) is 0 Å². The molecule has 2 atom stereocenters. The Kier molecular flexibility index (Phi) is 6.01. The molecule has 0 fully saturated rings. The Bertz CT molecular complexity index is 274. The lowest BCUT2D eigenvalue weighted by atomic mass is 9.89. The molecule has 0 radical (unpaired) electrons. The van der Waals surface area contributed by atoms with Crippen LogP contribution in [-0.4, -0.2) is 17.0 Å². The first-order valence-corrected chi connectivity index (χ1v) is 6.26. The fraction of sp³-hybridized carbons (Fsp3) is 0.692. The van der Waals surface area contributed by atoms with Crippen molar-refractivity contribution in [1.29, 1.82) is 0 Å². The molecule has 1 heterocycles. The molecule has 0 bridgehead atoms. The van der Waals surface area contributed by atoms with Crippen LogP contribution in [0.5, 0.6) is 0 Å². The summed E-state index contributed by atoms with van der Waals surface area (Å²) in [6.45, 7) is 4.49. The average molecular weight is 221 g/mol. The van der Waals surface area contributed by atoms with Gasteiger partial charge in [-0.25, -0.2) is 0 Å². The van der Waals surface area contributed by atoms with E-state index in [0.717, 1.165) is 5.69 Å². The molecule has 0 saturated carbocycles. The smallest absolute Gasteiger partial charge is 0.0758 e. The number of hydrogen-bond donors (Lipinski definition) is 1. The van der Waals surface area contributed by atoms with E-state index in [9.17, 15) is 0 Å². The largest absolute Gasteiger partial charge is 0.311 e. The molecule has 0 spiro atoms. The van der Waals surface area contributed by atoms with Gasteiger partial charge in [0.15, 0.2) is 0 Å². The Morgan fingerprint density at radius 1 is 1.31 bits per heavy atom. The SMILES string of the molecule is CCCCC(CC)C(NC)c1cnccn1. The van der Waals surface area contributed by atoms with E-state index in [1.807, 2.05) is 13.2 Å². The Labute approximate surface area is 98.7 Å². The molecule has 1 rings (SSSR count). The van der Waals surface area contributed by atoms with Gasteiger partial charge < -0.3 is 5.32 Å². The van der Waals surface area contributed by atoms with Gasteiger partial charge in [-0.2, -0.15) is 0 Å². The highest BCUT2D eigenvalue weighted by atomic mass is 14.9. The molecular formula is C13H23N3. The van der Waals surface area contributed by atoms with Crippen molar-refractivity contribution < 1.29 is 0 Å². The molecule has 0 aliphatic heterocycles. The highest BCUT2D eigenvalue weighted by Gasteiger charge is 2.20. The lowest BCUT2D eigenvalue weighted by Gasteiger charge is -2.25. The standard InChI is InChI=1S/C13H23N3/c1-4-6-7-11(5-2)13(14-3)12-10-15-8-9-16-12/h8-11,13-14H,4-7H2,1-3H3. The molecule has 0 saturated heterocycles. The van der Waals surface area contributed by atoms with Gasteiger partial charge >= 0.3 is 0 Å². The highest BCUT2D eigenvalue weighted by molar-refractivity contribution is 5.03. The van der Waals surface area contributed by atoms with E-state index in [1.54, 1.807) is 12.4 Å². The van der Waals surface area contributed by atoms with Crippen LogP contribution in [-0.2, 0) is 0 Å². The third kappa shape index (κ3) is 3.56. The molecule has 1 N–H and O–H groups in total. The molecular weight excluding hydrogens is 198 g/mol. The van der Waals surface area contributed by atoms with E-state index in [2.05, 4.69) is 29.1 Å². The normalized spacial score (nSPS) is 14.7. The van der Waals surface area contributed by atoms with Crippen molar-refractivity contribution in [2.45, 2.75) is 45.6 Å². The summed E-state index contributed by atoms with van der Waals surface area (Å²) in [4.78, 5) is 8.55. The number of aromatic nitrogens is 2. The minimum atomic E-state index is 0.338. The summed E-state index contributed by atoms with van der Waals surface area (Å²) in [5.41, 5.74) is 1.06. The molecule has 0 aliphatic rings. The quantitative estimate of drug-likeness (QED) is 0.769. The lowest BCUT2D eigenvalue weighted by Crippen LogP contribution is -2.26. The molecule has 2 unspecified atom stereocenters. The van der Waals surface area contributed by atoms with Gasteiger partial charge in [0.05, 0.1) is 11.7 Å².